The molecule has 0 bridgehead atoms. The maximum Gasteiger partial charge on any atom is 0.383 e. The van der Waals surface area contributed by atoms with E-state index in [1.807, 2.05) is 0 Å². The molecule has 0 amide bonds. The number of nitrogens with zero attached hydrogens (tertiary/aromatic N) is 1. The van der Waals surface area contributed by atoms with Gasteiger partial charge in [0.1, 0.15) is 0 Å². The van der Waals surface area contributed by atoms with Gasteiger partial charge in [-0.15, -0.1) is 0 Å². The van der Waals surface area contributed by atoms with Gasteiger partial charge in [-0.1, -0.05) is 0 Å². The minimum Gasteiger partial charge on any atom is -0.461 e. The molecule has 1 N–H and O–H groups in total. The smallest absolute Gasteiger partial charge is 0.383 e. The lowest BCUT2D eigenvalue weighted by atomic mass is 10.7. The third kappa shape index (κ3) is 4.73. The summed E-state index contributed by atoms with van der Waals surface area (Å²) in [5.74, 6) is -0.727. The molecule has 0 heterocycles. The molecule has 0 unspecified atom stereocenters. The van der Waals surface area contributed by atoms with Crippen LogP contribution in [0.15, 0.2) is 0 Å². The fourth-order valence-electron chi connectivity index (χ4n) is 0.317. The van der Waals surface area contributed by atoms with Crippen LogP contribution in [0.5, 0.6) is 0 Å². The first kappa shape index (κ1) is 7.87. The standard InChI is InChI=1S/C4H8NO4/c1-2-9-4(6)3-5(7)8/h2-3H2,1H3,(H,7,8)/q+1. The third-order valence-electron chi connectivity index (χ3n) is 0.570. The number of rotatable bonds is 3. The molecule has 0 saturated heterocycles. The third-order valence-corrected chi connectivity index (χ3v) is 0.570. The highest BCUT2D eigenvalue weighted by Crippen LogP contribution is 1.76. The molecular weight excluding hydrogens is 126 g/mol. The molecule has 0 aliphatic rings. The average molecular weight is 134 g/mol. The van der Waals surface area contributed by atoms with Crippen LogP contribution in [0.2, 0.25) is 0 Å². The SMILES string of the molecule is CCOC(=O)C[N+](=O)O. The quantitative estimate of drug-likeness (QED) is 0.425. The van der Waals surface area contributed by atoms with Gasteiger partial charge in [-0.05, 0) is 6.92 Å². The van der Waals surface area contributed by atoms with Crippen molar-refractivity contribution in [2.75, 3.05) is 13.2 Å². The molecule has 0 radical (unpaired) electrons. The molecule has 0 aromatic rings. The fraction of sp³-hybridized carbons (Fsp3) is 0.750. The van der Waals surface area contributed by atoms with Crippen LogP contribution >= 0.6 is 0 Å². The highest BCUT2D eigenvalue weighted by molar-refractivity contribution is 5.70. The number of hydrogen-bond donors (Lipinski definition) is 1. The second-order valence-corrected chi connectivity index (χ2v) is 1.32. The van der Waals surface area contributed by atoms with Crippen LogP contribution < -0.4 is 0 Å². The van der Waals surface area contributed by atoms with Crippen LogP contribution in [0.3, 0.4) is 0 Å². The van der Waals surface area contributed by atoms with Gasteiger partial charge in [-0.25, -0.2) is 10.0 Å². The van der Waals surface area contributed by atoms with E-state index in [1.54, 1.807) is 6.92 Å². The van der Waals surface area contributed by atoms with Crippen molar-refractivity contribution in [3.63, 3.8) is 0 Å². The molecule has 0 atom stereocenters. The summed E-state index contributed by atoms with van der Waals surface area (Å²) in [4.78, 5) is 19.5. The number of ether oxygens (including phenoxy) is 1. The van der Waals surface area contributed by atoms with Crippen LogP contribution in [-0.4, -0.2) is 29.3 Å². The lowest BCUT2D eigenvalue weighted by molar-refractivity contribution is -0.783. The van der Waals surface area contributed by atoms with E-state index >= 15 is 0 Å². The first-order chi connectivity index (χ1) is 4.16. The van der Waals surface area contributed by atoms with Crippen LogP contribution in [0, 0.1) is 4.91 Å². The molecule has 0 aromatic heterocycles. The van der Waals surface area contributed by atoms with Gasteiger partial charge in [0.25, 0.3) is 0 Å². The lowest BCUT2D eigenvalue weighted by Gasteiger charge is -1.91. The van der Waals surface area contributed by atoms with E-state index in [1.165, 1.54) is 0 Å². The van der Waals surface area contributed by atoms with Gasteiger partial charge in [0, 0.05) is 0 Å². The van der Waals surface area contributed by atoms with Crippen molar-refractivity contribution >= 4 is 5.97 Å². The molecule has 0 aromatic carbocycles. The van der Waals surface area contributed by atoms with Crippen molar-refractivity contribution in [3.05, 3.63) is 4.91 Å². The molecule has 0 saturated carbocycles. The Morgan fingerprint density at radius 1 is 1.78 bits per heavy atom. The van der Waals surface area contributed by atoms with E-state index < -0.39 is 17.4 Å². The summed E-state index contributed by atoms with van der Waals surface area (Å²) in [7, 11) is 0. The number of carbonyl (C=O) groups excluding carboxylic acids is 1. The monoisotopic (exact) mass is 134 g/mol. The Kier molecular flexibility index (Phi) is 3.34. The summed E-state index contributed by atoms with van der Waals surface area (Å²) in [6.07, 6.45) is 0. The van der Waals surface area contributed by atoms with Crippen molar-refractivity contribution in [1.29, 1.82) is 0 Å². The zero-order chi connectivity index (χ0) is 7.28. The molecular formula is C4H8NO4+. The van der Waals surface area contributed by atoms with E-state index in [0.29, 0.717) is 0 Å². The Morgan fingerprint density at radius 3 is 2.67 bits per heavy atom. The predicted octanol–water partition coefficient (Wildman–Crippen LogP) is -0.282. The van der Waals surface area contributed by atoms with Crippen LogP contribution in [-0.2, 0) is 9.53 Å². The number of carbonyl (C=O) groups is 1. The first-order valence-corrected chi connectivity index (χ1v) is 2.46. The van der Waals surface area contributed by atoms with Gasteiger partial charge in [0.05, 0.1) is 11.5 Å². The Labute approximate surface area is 51.8 Å². The van der Waals surface area contributed by atoms with Gasteiger partial charge >= 0.3 is 12.5 Å². The Morgan fingerprint density at radius 2 is 2.33 bits per heavy atom. The largest absolute Gasteiger partial charge is 0.461 e. The highest BCUT2D eigenvalue weighted by Gasteiger charge is 2.13. The van der Waals surface area contributed by atoms with Crippen LogP contribution in [0.25, 0.3) is 0 Å². The lowest BCUT2D eigenvalue weighted by Crippen LogP contribution is -2.17. The molecule has 5 heteroatoms. The summed E-state index contributed by atoms with van der Waals surface area (Å²) in [6.45, 7) is 1.20. The molecule has 0 aliphatic carbocycles. The van der Waals surface area contributed by atoms with Crippen molar-refractivity contribution in [1.82, 2.24) is 0 Å². The molecule has 0 aliphatic heterocycles. The van der Waals surface area contributed by atoms with Crippen LogP contribution in [0.1, 0.15) is 6.92 Å². The summed E-state index contributed by atoms with van der Waals surface area (Å²) in [5.41, 5.74) is 0. The number of esters is 1. The van der Waals surface area contributed by atoms with Crippen molar-refractivity contribution < 1.29 is 19.7 Å². The van der Waals surface area contributed by atoms with Gasteiger partial charge in [0.15, 0.2) is 0 Å². The zero-order valence-electron chi connectivity index (χ0n) is 5.03. The molecule has 52 valence electrons. The van der Waals surface area contributed by atoms with Gasteiger partial charge in [0.2, 0.25) is 4.92 Å². The van der Waals surface area contributed by atoms with Gasteiger partial charge in [-0.3, -0.25) is 0 Å². The first-order valence-electron chi connectivity index (χ1n) is 2.46. The summed E-state index contributed by atoms with van der Waals surface area (Å²) < 4.78 is 4.31. The zero-order valence-corrected chi connectivity index (χ0v) is 5.03. The number of hydrogen-bond acceptors (Lipinski definition) is 3. The second-order valence-electron chi connectivity index (χ2n) is 1.32. The van der Waals surface area contributed by atoms with E-state index in [4.69, 9.17) is 5.21 Å². The van der Waals surface area contributed by atoms with Crippen molar-refractivity contribution in [3.8, 4) is 0 Å². The van der Waals surface area contributed by atoms with E-state index in [9.17, 15) is 9.70 Å². The second kappa shape index (κ2) is 3.82. The minimum atomic E-state index is -0.727. The predicted molar refractivity (Wildman–Crippen MR) is 26.9 cm³/mol. The summed E-state index contributed by atoms with van der Waals surface area (Å²) in [6, 6.07) is 0. The van der Waals surface area contributed by atoms with E-state index in [-0.39, 0.29) is 6.61 Å². The normalized spacial score (nSPS) is 8.56. The maximum absolute atomic E-state index is 10.2. The minimum absolute atomic E-state index is 0.215. The van der Waals surface area contributed by atoms with Gasteiger partial charge < -0.3 is 4.74 Å². The molecule has 0 rings (SSSR count). The molecule has 9 heavy (non-hydrogen) atoms. The molecule has 0 fully saturated rings. The molecule has 0 spiro atoms. The Hall–Kier alpha value is -1.13. The molecule has 5 nitrogen and oxygen atoms in total. The van der Waals surface area contributed by atoms with E-state index in [0.717, 1.165) is 0 Å². The van der Waals surface area contributed by atoms with E-state index in [2.05, 4.69) is 4.74 Å². The topological polar surface area (TPSA) is 66.6 Å². The highest BCUT2D eigenvalue weighted by atomic mass is 16.6. The van der Waals surface area contributed by atoms with Crippen molar-refractivity contribution in [2.24, 2.45) is 0 Å². The van der Waals surface area contributed by atoms with Crippen LogP contribution in [0.4, 0.5) is 0 Å². The fourth-order valence-corrected chi connectivity index (χ4v) is 0.317. The average Bonchev–Trinajstić information content (AvgIpc) is 1.63. The Balaban J connectivity index is 3.39. The summed E-state index contributed by atoms with van der Waals surface area (Å²) in [5, 5.41) is 7.93. The Bertz CT molecular complexity index is 122. The maximum atomic E-state index is 10.2. The van der Waals surface area contributed by atoms with Gasteiger partial charge in [-0.2, -0.15) is 0 Å². The summed E-state index contributed by atoms with van der Waals surface area (Å²) >= 11 is 0. The van der Waals surface area contributed by atoms with Crippen molar-refractivity contribution in [2.45, 2.75) is 6.92 Å².